The minimum absolute atomic E-state index is 0.0370. The first-order valence-electron chi connectivity index (χ1n) is 3.08. The lowest BCUT2D eigenvalue weighted by molar-refractivity contribution is -0.145. The van der Waals surface area contributed by atoms with E-state index in [0.29, 0.717) is 6.26 Å². The van der Waals surface area contributed by atoms with Gasteiger partial charge in [0.2, 0.25) is 0 Å². The van der Waals surface area contributed by atoms with Crippen LogP contribution in [0.4, 0.5) is 0 Å². The van der Waals surface area contributed by atoms with Crippen molar-refractivity contribution >= 4 is 16.1 Å². The number of rotatable bonds is 1. The Morgan fingerprint density at radius 2 is 1.83 bits per heavy atom. The molecule has 0 rings (SSSR count). The molecule has 0 aromatic heterocycles. The summed E-state index contributed by atoms with van der Waals surface area (Å²) in [7, 11) is -3.92. The van der Waals surface area contributed by atoms with Crippen LogP contribution in [0.3, 0.4) is 0 Å². The molecule has 0 spiro atoms. The summed E-state index contributed by atoms with van der Waals surface area (Å²) >= 11 is 0. The van der Waals surface area contributed by atoms with Crippen molar-refractivity contribution in [3.05, 3.63) is 0 Å². The minimum atomic E-state index is -3.92. The number of amidine groups is 1. The lowest BCUT2D eigenvalue weighted by atomic mass is 10.5. The first kappa shape index (κ1) is 13.7. The Labute approximate surface area is 72.0 Å². The summed E-state index contributed by atoms with van der Waals surface area (Å²) in [5.74, 6) is 0. The van der Waals surface area contributed by atoms with Gasteiger partial charge in [-0.15, -0.1) is 0 Å². The van der Waals surface area contributed by atoms with Gasteiger partial charge in [0.15, 0.2) is 0 Å². The van der Waals surface area contributed by atoms with Crippen LogP contribution >= 0.6 is 0 Å². The second-order valence-corrected chi connectivity index (χ2v) is 3.68. The van der Waals surface area contributed by atoms with Crippen molar-refractivity contribution in [3.63, 3.8) is 0 Å². The van der Waals surface area contributed by atoms with Crippen molar-refractivity contribution in [1.29, 1.82) is 0 Å². The summed E-state index contributed by atoms with van der Waals surface area (Å²) in [6.07, 6.45) is 0.692. The molecular weight excluding hydrogens is 184 g/mol. The van der Waals surface area contributed by atoms with Gasteiger partial charge in [0.05, 0.1) is 10.1 Å². The molecule has 0 unspecified atom stereocenters. The Hall–Kier alpha value is -0.820. The molecule has 0 aromatic carbocycles. The van der Waals surface area contributed by atoms with E-state index in [1.807, 2.05) is 13.8 Å². The van der Waals surface area contributed by atoms with Crippen LogP contribution < -0.4 is 11.1 Å². The monoisotopic (exact) mass is 198 g/mol. The molecule has 0 aromatic rings. The van der Waals surface area contributed by atoms with E-state index in [9.17, 15) is 0 Å². The van der Waals surface area contributed by atoms with Gasteiger partial charge in [-0.2, -0.15) is 0 Å². The highest BCUT2D eigenvalue weighted by Gasteiger charge is 1.96. The lowest BCUT2D eigenvalue weighted by Gasteiger charge is -1.99. The number of nitrogens with two attached hydrogens (primary N) is 2. The molecule has 0 aliphatic rings. The summed E-state index contributed by atoms with van der Waals surface area (Å²) in [6, 6.07) is 0.0370. The average Bonchev–Trinajstić information content (AvgIpc) is 1.52. The van der Waals surface area contributed by atoms with Gasteiger partial charge in [-0.05, 0) is 13.8 Å². The van der Waals surface area contributed by atoms with E-state index in [1.54, 1.807) is 0 Å². The maximum atomic E-state index is 9.08. The number of ether oxygens (including phenoxy) is 1. The highest BCUT2D eigenvalue weighted by atomic mass is 32.2. The summed E-state index contributed by atoms with van der Waals surface area (Å²) in [5.41, 5.74) is 4.97. The van der Waals surface area contributed by atoms with Crippen LogP contribution in [0.2, 0.25) is 0 Å². The highest BCUT2D eigenvalue weighted by Crippen LogP contribution is 1.81. The zero-order valence-electron chi connectivity index (χ0n) is 7.27. The highest BCUT2D eigenvalue weighted by molar-refractivity contribution is 7.84. The molecule has 6 nitrogen and oxygen atoms in total. The fraction of sp³-hybridized carbons (Fsp3) is 0.800. The SMILES string of the molecule is CC(C)OC(N)=[NH2+].CS(=O)(=O)[O-]. The third-order valence-corrected chi connectivity index (χ3v) is 0.372. The fourth-order valence-corrected chi connectivity index (χ4v) is 0.272. The van der Waals surface area contributed by atoms with Gasteiger partial charge in [-0.3, -0.25) is 11.1 Å². The molecule has 0 saturated carbocycles. The predicted octanol–water partition coefficient (Wildman–Crippen LogP) is -2.35. The van der Waals surface area contributed by atoms with Crippen LogP contribution in [0, 0.1) is 0 Å². The molecule has 4 N–H and O–H groups in total. The van der Waals surface area contributed by atoms with Gasteiger partial charge in [0.25, 0.3) is 0 Å². The van der Waals surface area contributed by atoms with Crippen molar-refractivity contribution in [2.75, 3.05) is 6.26 Å². The van der Waals surface area contributed by atoms with Crippen molar-refractivity contribution in [1.82, 2.24) is 0 Å². The maximum absolute atomic E-state index is 9.08. The van der Waals surface area contributed by atoms with E-state index >= 15 is 0 Å². The van der Waals surface area contributed by atoms with Crippen molar-refractivity contribution in [2.24, 2.45) is 5.73 Å². The molecule has 0 amide bonds. The molecule has 0 aliphatic heterocycles. The zero-order chi connectivity index (χ0) is 10.4. The smallest absolute Gasteiger partial charge is 0.437 e. The molecular formula is C5H14N2O4S. The molecule has 0 heterocycles. The molecule has 12 heavy (non-hydrogen) atoms. The van der Waals surface area contributed by atoms with Crippen molar-refractivity contribution in [2.45, 2.75) is 20.0 Å². The molecule has 0 fully saturated rings. The second kappa shape index (κ2) is 5.78. The Morgan fingerprint density at radius 1 is 1.58 bits per heavy atom. The first-order valence-corrected chi connectivity index (χ1v) is 4.90. The van der Waals surface area contributed by atoms with E-state index in [2.05, 4.69) is 0 Å². The average molecular weight is 198 g/mol. The quantitative estimate of drug-likeness (QED) is 0.278. The van der Waals surface area contributed by atoms with Crippen LogP contribution in [0.15, 0.2) is 0 Å². The largest absolute Gasteiger partial charge is 0.748 e. The molecule has 74 valence electrons. The zero-order valence-corrected chi connectivity index (χ0v) is 8.09. The number of hydrogen-bond donors (Lipinski definition) is 2. The third kappa shape index (κ3) is 60.7. The van der Waals surface area contributed by atoms with Gasteiger partial charge in [-0.1, -0.05) is 0 Å². The van der Waals surface area contributed by atoms with Crippen molar-refractivity contribution < 1.29 is 23.1 Å². The standard InChI is InChI=1S/C4H10N2O.CH4O3S/c1-3(2)7-4(5)6;1-5(2,3)4/h3H,1-2H3,(H3,5,6);1H3,(H,2,3,4). The summed E-state index contributed by atoms with van der Waals surface area (Å²) in [4.78, 5) is 0. The minimum Gasteiger partial charge on any atom is -0.748 e. The summed E-state index contributed by atoms with van der Waals surface area (Å²) in [5, 5.41) is 4.97. The normalized spacial score (nSPS) is 10.1. The van der Waals surface area contributed by atoms with E-state index in [0.717, 1.165) is 0 Å². The second-order valence-electron chi connectivity index (χ2n) is 2.27. The van der Waals surface area contributed by atoms with Gasteiger partial charge in [0, 0.05) is 6.26 Å². The van der Waals surface area contributed by atoms with Gasteiger partial charge in [-0.25, -0.2) is 8.42 Å². The van der Waals surface area contributed by atoms with Gasteiger partial charge >= 0.3 is 6.02 Å². The topological polar surface area (TPSA) is 118 Å². The van der Waals surface area contributed by atoms with Crippen LogP contribution in [-0.2, 0) is 14.9 Å². The molecule has 7 heteroatoms. The van der Waals surface area contributed by atoms with Crippen LogP contribution in [-0.4, -0.2) is 31.4 Å². The molecule has 0 radical (unpaired) electrons. The number of hydrogen-bond acceptors (Lipinski definition) is 4. The molecule has 0 saturated heterocycles. The van der Waals surface area contributed by atoms with E-state index in [-0.39, 0.29) is 12.1 Å². The Kier molecular flexibility index (Phi) is 6.63. The summed E-state index contributed by atoms with van der Waals surface area (Å²) in [6.45, 7) is 3.72. The molecule has 0 atom stereocenters. The maximum Gasteiger partial charge on any atom is 0.437 e. The first-order chi connectivity index (χ1) is 5.13. The molecule has 0 aliphatic carbocycles. The third-order valence-electron chi connectivity index (χ3n) is 0.372. The summed E-state index contributed by atoms with van der Waals surface area (Å²) < 4.78 is 32.0. The van der Waals surface area contributed by atoms with Crippen LogP contribution in [0.5, 0.6) is 0 Å². The lowest BCUT2D eigenvalue weighted by Crippen LogP contribution is -2.48. The molecule has 0 bridgehead atoms. The van der Waals surface area contributed by atoms with Gasteiger partial charge < -0.3 is 9.29 Å². The van der Waals surface area contributed by atoms with E-state index in [4.69, 9.17) is 28.9 Å². The Morgan fingerprint density at radius 3 is 1.83 bits per heavy atom. The Balaban J connectivity index is 0. The van der Waals surface area contributed by atoms with E-state index < -0.39 is 10.1 Å². The Bertz CT molecular complexity index is 214. The van der Waals surface area contributed by atoms with Crippen LogP contribution in [0.25, 0.3) is 0 Å². The predicted molar refractivity (Wildman–Crippen MR) is 43.0 cm³/mol. The van der Waals surface area contributed by atoms with Crippen molar-refractivity contribution in [3.8, 4) is 0 Å². The van der Waals surface area contributed by atoms with Gasteiger partial charge in [0.1, 0.15) is 6.10 Å². The van der Waals surface area contributed by atoms with Crippen LogP contribution in [0.1, 0.15) is 13.8 Å². The fourth-order valence-electron chi connectivity index (χ4n) is 0.272. The van der Waals surface area contributed by atoms with E-state index in [1.165, 1.54) is 0 Å².